The molecule has 0 radical (unpaired) electrons. The van der Waals surface area contributed by atoms with Gasteiger partial charge in [-0.15, -0.1) is 0 Å². The molecule has 6 nitrogen and oxygen atoms in total. The van der Waals surface area contributed by atoms with Crippen LogP contribution in [0.3, 0.4) is 0 Å². The molecule has 2 amide bonds. The zero-order chi connectivity index (χ0) is 21.6. The van der Waals surface area contributed by atoms with E-state index in [1.54, 1.807) is 48.4 Å². The number of fused-ring (bicyclic) bond motifs is 1. The molecule has 0 atom stereocenters. The Hall–Kier alpha value is -4.06. The summed E-state index contributed by atoms with van der Waals surface area (Å²) in [4.78, 5) is 27.1. The maximum Gasteiger partial charge on any atom is 0.256 e. The second kappa shape index (κ2) is 9.17. The molecule has 156 valence electrons. The molecule has 0 unspecified atom stereocenters. The van der Waals surface area contributed by atoms with Gasteiger partial charge in [-0.1, -0.05) is 48.5 Å². The summed E-state index contributed by atoms with van der Waals surface area (Å²) < 4.78 is 10.6. The van der Waals surface area contributed by atoms with E-state index >= 15 is 0 Å². The summed E-state index contributed by atoms with van der Waals surface area (Å²) in [5.41, 5.74) is 2.75. The van der Waals surface area contributed by atoms with E-state index in [2.05, 4.69) is 5.32 Å². The van der Waals surface area contributed by atoms with Crippen molar-refractivity contribution < 1.29 is 19.1 Å². The first-order chi connectivity index (χ1) is 15.1. The molecule has 0 aliphatic carbocycles. The van der Waals surface area contributed by atoms with Gasteiger partial charge in [0.05, 0.1) is 11.3 Å². The first-order valence-electron chi connectivity index (χ1n) is 9.87. The van der Waals surface area contributed by atoms with Gasteiger partial charge in [0.2, 0.25) is 12.7 Å². The lowest BCUT2D eigenvalue weighted by molar-refractivity contribution is -0.111. The largest absolute Gasteiger partial charge is 0.454 e. The van der Waals surface area contributed by atoms with Crippen molar-refractivity contribution in [3.63, 3.8) is 0 Å². The van der Waals surface area contributed by atoms with Crippen molar-refractivity contribution >= 4 is 23.6 Å². The molecule has 0 saturated heterocycles. The summed E-state index contributed by atoms with van der Waals surface area (Å²) in [6.45, 7) is 0.679. The highest BCUT2D eigenvalue weighted by Crippen LogP contribution is 2.32. The lowest BCUT2D eigenvalue weighted by atomic mass is 10.1. The number of para-hydroxylation sites is 1. The van der Waals surface area contributed by atoms with Crippen molar-refractivity contribution in [2.45, 2.75) is 6.54 Å². The summed E-state index contributed by atoms with van der Waals surface area (Å²) in [5, 5.41) is 2.80. The maximum absolute atomic E-state index is 13.0. The van der Waals surface area contributed by atoms with Crippen molar-refractivity contribution in [2.75, 3.05) is 19.2 Å². The number of carbonyl (C=O) groups is 2. The van der Waals surface area contributed by atoms with Crippen LogP contribution in [0.15, 0.2) is 78.9 Å². The van der Waals surface area contributed by atoms with E-state index in [1.807, 2.05) is 42.5 Å². The third-order valence-electron chi connectivity index (χ3n) is 4.85. The van der Waals surface area contributed by atoms with Crippen LogP contribution in [-0.2, 0) is 11.3 Å². The molecule has 3 aromatic carbocycles. The minimum atomic E-state index is -0.330. The van der Waals surface area contributed by atoms with Crippen LogP contribution in [0.4, 0.5) is 5.69 Å². The first kappa shape index (κ1) is 20.2. The molecule has 0 aromatic heterocycles. The number of hydrogen-bond donors (Lipinski definition) is 1. The van der Waals surface area contributed by atoms with E-state index in [9.17, 15) is 9.59 Å². The van der Waals surface area contributed by atoms with E-state index in [0.717, 1.165) is 11.1 Å². The predicted octanol–water partition coefficient (Wildman–Crippen LogP) is 4.34. The number of anilines is 1. The molecular weight excluding hydrogens is 392 g/mol. The van der Waals surface area contributed by atoms with Crippen LogP contribution in [0, 0.1) is 0 Å². The molecular formula is C25H22N2O4. The van der Waals surface area contributed by atoms with Crippen LogP contribution in [-0.4, -0.2) is 30.6 Å². The summed E-state index contributed by atoms with van der Waals surface area (Å²) in [6, 6.07) is 22.2. The minimum absolute atomic E-state index is 0.167. The molecule has 0 bridgehead atoms. The minimum Gasteiger partial charge on any atom is -0.454 e. The van der Waals surface area contributed by atoms with Crippen molar-refractivity contribution in [3.05, 3.63) is 95.6 Å². The van der Waals surface area contributed by atoms with Crippen LogP contribution >= 0.6 is 0 Å². The van der Waals surface area contributed by atoms with Gasteiger partial charge in [-0.3, -0.25) is 9.59 Å². The molecule has 1 aliphatic heterocycles. The molecule has 6 heteroatoms. The highest BCUT2D eigenvalue weighted by Gasteiger charge is 2.17. The monoisotopic (exact) mass is 414 g/mol. The lowest BCUT2D eigenvalue weighted by Crippen LogP contribution is -2.27. The highest BCUT2D eigenvalue weighted by atomic mass is 16.7. The molecule has 3 aromatic rings. The van der Waals surface area contributed by atoms with E-state index < -0.39 is 0 Å². The molecule has 1 aliphatic rings. The Balaban J connectivity index is 1.44. The number of ether oxygens (including phenoxy) is 2. The number of nitrogens with zero attached hydrogens (tertiary/aromatic N) is 1. The van der Waals surface area contributed by atoms with E-state index in [-0.39, 0.29) is 18.6 Å². The third-order valence-corrected chi connectivity index (χ3v) is 4.85. The standard InChI is InChI=1S/C25H22N2O4/c1-27(16-19-7-3-2-4-8-19)25(29)20-9-5-6-10-21(20)26-24(28)14-12-18-11-13-22-23(15-18)31-17-30-22/h2-15H,16-17H2,1H3,(H,26,28)/b14-12+. The van der Waals surface area contributed by atoms with Gasteiger partial charge in [-0.25, -0.2) is 0 Å². The summed E-state index contributed by atoms with van der Waals surface area (Å²) in [6.07, 6.45) is 3.11. The summed E-state index contributed by atoms with van der Waals surface area (Å²) in [5.74, 6) is 0.844. The Morgan fingerprint density at radius 2 is 1.71 bits per heavy atom. The molecule has 0 saturated carbocycles. The van der Waals surface area contributed by atoms with Gasteiger partial charge in [0, 0.05) is 19.7 Å². The Morgan fingerprint density at radius 1 is 0.968 bits per heavy atom. The van der Waals surface area contributed by atoms with Crippen molar-refractivity contribution in [2.24, 2.45) is 0 Å². The molecule has 31 heavy (non-hydrogen) atoms. The molecule has 1 N–H and O–H groups in total. The predicted molar refractivity (Wildman–Crippen MR) is 119 cm³/mol. The number of benzene rings is 3. The SMILES string of the molecule is CN(Cc1ccccc1)C(=O)c1ccccc1NC(=O)/C=C/c1ccc2c(c1)OCO2. The number of carbonyl (C=O) groups excluding carboxylic acids is 2. The van der Waals surface area contributed by atoms with E-state index in [0.29, 0.717) is 29.3 Å². The fourth-order valence-electron chi connectivity index (χ4n) is 3.28. The molecule has 0 spiro atoms. The van der Waals surface area contributed by atoms with Crippen LogP contribution < -0.4 is 14.8 Å². The second-order valence-electron chi connectivity index (χ2n) is 7.13. The topological polar surface area (TPSA) is 67.9 Å². The number of amides is 2. The van der Waals surface area contributed by atoms with Gasteiger partial charge >= 0.3 is 0 Å². The van der Waals surface area contributed by atoms with Crippen LogP contribution in [0.2, 0.25) is 0 Å². The van der Waals surface area contributed by atoms with Gasteiger partial charge in [0.15, 0.2) is 11.5 Å². The number of nitrogens with one attached hydrogen (secondary N) is 1. The van der Waals surface area contributed by atoms with Crippen molar-refractivity contribution in [3.8, 4) is 11.5 Å². The number of rotatable bonds is 6. The van der Waals surface area contributed by atoms with Gasteiger partial charge in [-0.05, 0) is 41.5 Å². The summed E-state index contributed by atoms with van der Waals surface area (Å²) in [7, 11) is 1.74. The van der Waals surface area contributed by atoms with Gasteiger partial charge < -0.3 is 19.7 Å². The first-order valence-corrected chi connectivity index (χ1v) is 9.87. The lowest BCUT2D eigenvalue weighted by Gasteiger charge is -2.19. The zero-order valence-corrected chi connectivity index (χ0v) is 17.1. The van der Waals surface area contributed by atoms with Crippen molar-refractivity contribution in [1.82, 2.24) is 4.90 Å². The molecule has 0 fully saturated rings. The number of hydrogen-bond acceptors (Lipinski definition) is 4. The average molecular weight is 414 g/mol. The Kier molecular flexibility index (Phi) is 5.98. The quantitative estimate of drug-likeness (QED) is 0.610. The zero-order valence-electron chi connectivity index (χ0n) is 17.1. The van der Waals surface area contributed by atoms with Crippen LogP contribution in [0.5, 0.6) is 11.5 Å². The maximum atomic E-state index is 13.0. The Labute approximate surface area is 180 Å². The van der Waals surface area contributed by atoms with Crippen molar-refractivity contribution in [1.29, 1.82) is 0 Å². The third kappa shape index (κ3) is 4.93. The van der Waals surface area contributed by atoms with Gasteiger partial charge in [0.1, 0.15) is 0 Å². The smallest absolute Gasteiger partial charge is 0.256 e. The fraction of sp³-hybridized carbons (Fsp3) is 0.120. The average Bonchev–Trinajstić information content (AvgIpc) is 3.26. The highest BCUT2D eigenvalue weighted by molar-refractivity contribution is 6.07. The molecule has 4 rings (SSSR count). The second-order valence-corrected chi connectivity index (χ2v) is 7.13. The van der Waals surface area contributed by atoms with E-state index in [1.165, 1.54) is 6.08 Å². The van der Waals surface area contributed by atoms with Gasteiger partial charge in [-0.2, -0.15) is 0 Å². The Bertz CT molecular complexity index is 1130. The Morgan fingerprint density at radius 3 is 2.55 bits per heavy atom. The van der Waals surface area contributed by atoms with Gasteiger partial charge in [0.25, 0.3) is 5.91 Å². The normalized spacial score (nSPS) is 12.0. The summed E-state index contributed by atoms with van der Waals surface area (Å²) >= 11 is 0. The fourth-order valence-corrected chi connectivity index (χ4v) is 3.28. The van der Waals surface area contributed by atoms with E-state index in [4.69, 9.17) is 9.47 Å². The van der Waals surface area contributed by atoms with Crippen LogP contribution in [0.1, 0.15) is 21.5 Å². The molecule has 1 heterocycles. The van der Waals surface area contributed by atoms with Crippen LogP contribution in [0.25, 0.3) is 6.08 Å².